The molecule has 1 unspecified atom stereocenters. The Bertz CT molecular complexity index is 398. The zero-order valence-corrected chi connectivity index (χ0v) is 9.38. The zero-order chi connectivity index (χ0) is 12.8. The fourth-order valence-corrected chi connectivity index (χ4v) is 1.17. The summed E-state index contributed by atoms with van der Waals surface area (Å²) in [6, 6.07) is 2.70. The molecule has 0 aliphatic heterocycles. The predicted molar refractivity (Wildman–Crippen MR) is 63.5 cm³/mol. The molecule has 0 aromatic carbocycles. The van der Waals surface area contributed by atoms with Crippen molar-refractivity contribution >= 4 is 17.3 Å². The number of anilines is 2. The molecule has 17 heavy (non-hydrogen) atoms. The minimum atomic E-state index is -0.578. The highest BCUT2D eigenvalue weighted by molar-refractivity contribution is 5.59. The maximum absolute atomic E-state index is 10.7. The first-order chi connectivity index (χ1) is 8.08. The molecule has 0 bridgehead atoms. The maximum Gasteiger partial charge on any atom is 0.311 e. The van der Waals surface area contributed by atoms with E-state index < -0.39 is 11.0 Å². The highest BCUT2D eigenvalue weighted by Gasteiger charge is 2.16. The van der Waals surface area contributed by atoms with Gasteiger partial charge in [0.25, 0.3) is 0 Å². The van der Waals surface area contributed by atoms with Gasteiger partial charge >= 0.3 is 5.69 Å². The van der Waals surface area contributed by atoms with Crippen molar-refractivity contribution < 1.29 is 10.0 Å². The third kappa shape index (κ3) is 3.54. The van der Waals surface area contributed by atoms with E-state index in [1.807, 2.05) is 6.92 Å². The molecule has 0 aliphatic rings. The smallest absolute Gasteiger partial charge is 0.311 e. The molecule has 5 N–H and O–H groups in total. The normalized spacial score (nSPS) is 11.9. The van der Waals surface area contributed by atoms with Crippen LogP contribution in [0.4, 0.5) is 17.3 Å². The van der Waals surface area contributed by atoms with E-state index in [2.05, 4.69) is 15.7 Å². The number of nitrogen functional groups attached to an aromatic ring is 1. The van der Waals surface area contributed by atoms with Gasteiger partial charge < -0.3 is 15.8 Å². The van der Waals surface area contributed by atoms with Crippen molar-refractivity contribution in [1.82, 2.24) is 4.98 Å². The molecule has 1 heterocycles. The number of hydrogen-bond donors (Lipinski definition) is 4. The summed E-state index contributed by atoms with van der Waals surface area (Å²) < 4.78 is 0. The lowest BCUT2D eigenvalue weighted by atomic mass is 10.3. The van der Waals surface area contributed by atoms with Crippen molar-refractivity contribution in [2.24, 2.45) is 5.84 Å². The molecule has 8 nitrogen and oxygen atoms in total. The number of nitro groups is 1. The monoisotopic (exact) mass is 241 g/mol. The van der Waals surface area contributed by atoms with Gasteiger partial charge in [0.2, 0.25) is 5.82 Å². The second-order valence-electron chi connectivity index (χ2n) is 3.41. The third-order valence-corrected chi connectivity index (χ3v) is 2.19. The first-order valence-corrected chi connectivity index (χ1v) is 5.12. The second-order valence-corrected chi connectivity index (χ2v) is 3.41. The van der Waals surface area contributed by atoms with E-state index in [0.29, 0.717) is 12.2 Å². The van der Waals surface area contributed by atoms with E-state index >= 15 is 0 Å². The van der Waals surface area contributed by atoms with Crippen LogP contribution in [0.3, 0.4) is 0 Å². The Labute approximate surface area is 98.0 Å². The van der Waals surface area contributed by atoms with E-state index in [9.17, 15) is 15.2 Å². The van der Waals surface area contributed by atoms with Gasteiger partial charge in [0.1, 0.15) is 5.82 Å². The molecule has 0 aliphatic carbocycles. The summed E-state index contributed by atoms with van der Waals surface area (Å²) in [5.74, 6) is 5.56. The van der Waals surface area contributed by atoms with Crippen LogP contribution in [0.2, 0.25) is 0 Å². The van der Waals surface area contributed by atoms with Crippen molar-refractivity contribution in [3.63, 3.8) is 0 Å². The lowest BCUT2D eigenvalue weighted by molar-refractivity contribution is -0.384. The molecule has 0 fully saturated rings. The first kappa shape index (κ1) is 13.1. The number of aliphatic hydroxyl groups excluding tert-OH is 1. The van der Waals surface area contributed by atoms with Gasteiger partial charge in [-0.15, -0.1) is 0 Å². The van der Waals surface area contributed by atoms with E-state index in [1.54, 1.807) is 0 Å². The van der Waals surface area contributed by atoms with Crippen LogP contribution in [0, 0.1) is 10.1 Å². The van der Waals surface area contributed by atoms with Gasteiger partial charge in [-0.1, -0.05) is 6.92 Å². The highest BCUT2D eigenvalue weighted by atomic mass is 16.6. The van der Waals surface area contributed by atoms with Crippen LogP contribution in [-0.2, 0) is 0 Å². The van der Waals surface area contributed by atoms with Crippen molar-refractivity contribution in [3.05, 3.63) is 22.2 Å². The Kier molecular flexibility index (Phi) is 4.61. The Morgan fingerprint density at radius 2 is 2.35 bits per heavy atom. The van der Waals surface area contributed by atoms with Crippen molar-refractivity contribution in [3.8, 4) is 0 Å². The van der Waals surface area contributed by atoms with Gasteiger partial charge in [-0.3, -0.25) is 10.1 Å². The Hall–Kier alpha value is -1.93. The molecular formula is C9H15N5O3. The lowest BCUT2D eigenvalue weighted by Crippen LogP contribution is -2.20. The number of aromatic nitrogens is 1. The number of hydrogen-bond acceptors (Lipinski definition) is 7. The maximum atomic E-state index is 10.7. The Balaban J connectivity index is 2.89. The van der Waals surface area contributed by atoms with Gasteiger partial charge in [-0.05, 0) is 12.5 Å². The van der Waals surface area contributed by atoms with Crippen molar-refractivity contribution in [2.45, 2.75) is 19.4 Å². The Morgan fingerprint density at radius 1 is 1.65 bits per heavy atom. The number of nitrogens with zero attached hydrogens (tertiary/aromatic N) is 2. The molecule has 1 aromatic rings. The summed E-state index contributed by atoms with van der Waals surface area (Å²) in [5.41, 5.74) is 2.14. The van der Waals surface area contributed by atoms with Crippen LogP contribution in [0.1, 0.15) is 13.3 Å². The van der Waals surface area contributed by atoms with Gasteiger partial charge in [0.15, 0.2) is 0 Å². The van der Waals surface area contributed by atoms with E-state index in [4.69, 9.17) is 5.84 Å². The summed E-state index contributed by atoms with van der Waals surface area (Å²) in [7, 11) is 0. The molecule has 1 aromatic heterocycles. The molecule has 1 rings (SSSR count). The first-order valence-electron chi connectivity index (χ1n) is 5.12. The predicted octanol–water partition coefficient (Wildman–Crippen LogP) is 0.458. The molecule has 0 saturated heterocycles. The fraction of sp³-hybridized carbons (Fsp3) is 0.444. The van der Waals surface area contributed by atoms with E-state index in [1.165, 1.54) is 12.1 Å². The standard InChI is InChI=1S/C9H15N5O3/c1-2-6(15)5-11-9-7(14(16)17)3-4-8(12-9)13-10/h3-4,6,15H,2,5,10H2,1H3,(H2,11,12,13). The number of hydrazine groups is 1. The second kappa shape index (κ2) is 5.97. The number of pyridine rings is 1. The van der Waals surface area contributed by atoms with E-state index in [0.717, 1.165) is 0 Å². The van der Waals surface area contributed by atoms with Crippen LogP contribution in [0.5, 0.6) is 0 Å². The number of nitrogens with two attached hydrogens (primary N) is 1. The topological polar surface area (TPSA) is 126 Å². The number of rotatable bonds is 6. The fourth-order valence-electron chi connectivity index (χ4n) is 1.17. The summed E-state index contributed by atoms with van der Waals surface area (Å²) in [6.45, 7) is 2.00. The molecule has 0 radical (unpaired) electrons. The molecule has 0 spiro atoms. The average Bonchev–Trinajstić information content (AvgIpc) is 2.35. The minimum absolute atomic E-state index is 0.0814. The van der Waals surface area contributed by atoms with Crippen LogP contribution >= 0.6 is 0 Å². The minimum Gasteiger partial charge on any atom is -0.391 e. The molecule has 0 saturated carbocycles. The highest BCUT2D eigenvalue weighted by Crippen LogP contribution is 2.23. The molecule has 0 amide bonds. The van der Waals surface area contributed by atoms with Gasteiger partial charge in [0.05, 0.1) is 11.0 Å². The summed E-state index contributed by atoms with van der Waals surface area (Å²) in [5, 5.41) is 22.8. The number of aliphatic hydroxyl groups is 1. The summed E-state index contributed by atoms with van der Waals surface area (Å²) in [6.07, 6.45) is -0.0267. The van der Waals surface area contributed by atoms with Gasteiger partial charge in [0, 0.05) is 12.6 Å². The molecular weight excluding hydrogens is 226 g/mol. The largest absolute Gasteiger partial charge is 0.391 e. The average molecular weight is 241 g/mol. The van der Waals surface area contributed by atoms with Crippen LogP contribution in [0.15, 0.2) is 12.1 Å². The van der Waals surface area contributed by atoms with Crippen molar-refractivity contribution in [1.29, 1.82) is 0 Å². The summed E-state index contributed by atoms with van der Waals surface area (Å²) in [4.78, 5) is 14.1. The van der Waals surface area contributed by atoms with Crippen molar-refractivity contribution in [2.75, 3.05) is 17.3 Å². The SMILES string of the molecule is CCC(O)CNc1nc(NN)ccc1[N+](=O)[O-]. The Morgan fingerprint density at radius 3 is 2.88 bits per heavy atom. The lowest BCUT2D eigenvalue weighted by Gasteiger charge is -2.10. The third-order valence-electron chi connectivity index (χ3n) is 2.19. The molecule has 1 atom stereocenters. The zero-order valence-electron chi connectivity index (χ0n) is 9.38. The van der Waals surface area contributed by atoms with E-state index in [-0.39, 0.29) is 18.1 Å². The summed E-state index contributed by atoms with van der Waals surface area (Å²) >= 11 is 0. The van der Waals surface area contributed by atoms with Gasteiger partial charge in [-0.2, -0.15) is 0 Å². The van der Waals surface area contributed by atoms with Crippen LogP contribution in [0.25, 0.3) is 0 Å². The number of nitrogens with one attached hydrogen (secondary N) is 2. The molecule has 94 valence electrons. The van der Waals surface area contributed by atoms with Gasteiger partial charge in [-0.25, -0.2) is 10.8 Å². The van der Waals surface area contributed by atoms with Crippen LogP contribution in [-0.4, -0.2) is 27.7 Å². The molecule has 8 heteroatoms. The quantitative estimate of drug-likeness (QED) is 0.323. The van der Waals surface area contributed by atoms with Crippen LogP contribution < -0.4 is 16.6 Å².